The average Bonchev–Trinajstić information content (AvgIpc) is 2.78. The van der Waals surface area contributed by atoms with E-state index in [2.05, 4.69) is 5.32 Å². The van der Waals surface area contributed by atoms with Gasteiger partial charge in [0.25, 0.3) is 0 Å². The summed E-state index contributed by atoms with van der Waals surface area (Å²) in [4.78, 5) is 12.5. The van der Waals surface area contributed by atoms with Gasteiger partial charge in [-0.2, -0.15) is 0 Å². The van der Waals surface area contributed by atoms with E-state index in [4.69, 9.17) is 14.2 Å². The van der Waals surface area contributed by atoms with Gasteiger partial charge in [0.05, 0.1) is 13.7 Å². The van der Waals surface area contributed by atoms with E-state index >= 15 is 0 Å². The molecule has 30 heavy (non-hydrogen) atoms. The molecule has 160 valence electrons. The van der Waals surface area contributed by atoms with Gasteiger partial charge in [-0.3, -0.25) is 4.79 Å². The fourth-order valence-corrected chi connectivity index (χ4v) is 3.69. The topological polar surface area (TPSA) is 56.8 Å². The minimum absolute atomic E-state index is 0.184. The third kappa shape index (κ3) is 5.39. The Morgan fingerprint density at radius 3 is 2.57 bits per heavy atom. The summed E-state index contributed by atoms with van der Waals surface area (Å²) in [6.45, 7) is 4.14. The zero-order valence-corrected chi connectivity index (χ0v) is 17.4. The Morgan fingerprint density at radius 2 is 1.90 bits per heavy atom. The Kier molecular flexibility index (Phi) is 7.46. The van der Waals surface area contributed by atoms with Crippen molar-refractivity contribution in [3.05, 3.63) is 65.5 Å². The molecule has 1 aliphatic heterocycles. The summed E-state index contributed by atoms with van der Waals surface area (Å²) in [5.74, 6) is 0.842. The van der Waals surface area contributed by atoms with Crippen molar-refractivity contribution in [2.45, 2.75) is 25.2 Å². The quantitative estimate of drug-likeness (QED) is 0.662. The molecule has 0 atom stereocenters. The smallest absolute Gasteiger partial charge is 0.244 e. The van der Waals surface area contributed by atoms with Crippen molar-refractivity contribution in [3.63, 3.8) is 0 Å². The lowest BCUT2D eigenvalue weighted by Gasteiger charge is -2.37. The van der Waals surface area contributed by atoms with Crippen molar-refractivity contribution in [2.75, 3.05) is 33.5 Å². The number of hydrogen-bond donors (Lipinski definition) is 1. The lowest BCUT2D eigenvalue weighted by molar-refractivity contribution is -0.116. The van der Waals surface area contributed by atoms with Gasteiger partial charge in [-0.25, -0.2) is 4.39 Å². The summed E-state index contributed by atoms with van der Waals surface area (Å²) < 4.78 is 29.7. The molecule has 0 saturated carbocycles. The Balaban J connectivity index is 1.67. The lowest BCUT2D eigenvalue weighted by Crippen LogP contribution is -2.44. The molecule has 6 heteroatoms. The number of halogens is 1. The maximum atomic E-state index is 13.4. The van der Waals surface area contributed by atoms with Gasteiger partial charge in [0.15, 0.2) is 11.5 Å². The van der Waals surface area contributed by atoms with E-state index in [-0.39, 0.29) is 17.1 Å². The number of rotatable bonds is 8. The fraction of sp³-hybridized carbons (Fsp3) is 0.375. The number of hydrogen-bond acceptors (Lipinski definition) is 4. The zero-order chi connectivity index (χ0) is 21.4. The number of nitrogens with one attached hydrogen (secondary N) is 1. The van der Waals surface area contributed by atoms with Crippen LogP contribution in [0.1, 0.15) is 30.9 Å². The van der Waals surface area contributed by atoms with Gasteiger partial charge < -0.3 is 19.5 Å². The molecule has 1 heterocycles. The van der Waals surface area contributed by atoms with Gasteiger partial charge >= 0.3 is 0 Å². The van der Waals surface area contributed by atoms with E-state index in [9.17, 15) is 9.18 Å². The number of methoxy groups -OCH3 is 1. The van der Waals surface area contributed by atoms with Crippen LogP contribution in [-0.2, 0) is 14.9 Å². The van der Waals surface area contributed by atoms with E-state index in [1.54, 1.807) is 25.3 Å². The largest absolute Gasteiger partial charge is 0.493 e. The van der Waals surface area contributed by atoms with Gasteiger partial charge in [-0.15, -0.1) is 0 Å². The minimum Gasteiger partial charge on any atom is -0.493 e. The lowest BCUT2D eigenvalue weighted by atomic mass is 9.74. The van der Waals surface area contributed by atoms with Crippen LogP contribution in [0, 0.1) is 5.82 Å². The van der Waals surface area contributed by atoms with Crippen molar-refractivity contribution in [3.8, 4) is 11.5 Å². The molecule has 0 radical (unpaired) electrons. The van der Waals surface area contributed by atoms with Gasteiger partial charge in [-0.1, -0.05) is 18.2 Å². The molecule has 1 N–H and O–H groups in total. The number of amides is 1. The summed E-state index contributed by atoms with van der Waals surface area (Å²) in [5.41, 5.74) is 1.61. The summed E-state index contributed by atoms with van der Waals surface area (Å²) in [5, 5.41) is 3.01. The van der Waals surface area contributed by atoms with Crippen LogP contribution in [-0.4, -0.2) is 39.4 Å². The van der Waals surface area contributed by atoms with Crippen LogP contribution >= 0.6 is 0 Å². The van der Waals surface area contributed by atoms with Crippen molar-refractivity contribution in [1.29, 1.82) is 0 Å². The van der Waals surface area contributed by atoms with Gasteiger partial charge in [0, 0.05) is 31.2 Å². The molecule has 0 unspecified atom stereocenters. The van der Waals surface area contributed by atoms with Crippen molar-refractivity contribution in [1.82, 2.24) is 5.32 Å². The van der Waals surface area contributed by atoms with E-state index in [0.717, 1.165) is 24.0 Å². The van der Waals surface area contributed by atoms with E-state index in [1.807, 2.05) is 25.1 Å². The van der Waals surface area contributed by atoms with Crippen LogP contribution in [0.5, 0.6) is 11.5 Å². The highest BCUT2D eigenvalue weighted by molar-refractivity contribution is 5.91. The Morgan fingerprint density at radius 1 is 1.17 bits per heavy atom. The third-order valence-corrected chi connectivity index (χ3v) is 5.42. The average molecular weight is 413 g/mol. The molecule has 5 nitrogen and oxygen atoms in total. The fourth-order valence-electron chi connectivity index (χ4n) is 3.69. The van der Waals surface area contributed by atoms with Gasteiger partial charge in [0.1, 0.15) is 5.82 Å². The zero-order valence-electron chi connectivity index (χ0n) is 17.4. The van der Waals surface area contributed by atoms with Crippen molar-refractivity contribution < 1.29 is 23.4 Å². The normalized spacial score (nSPS) is 15.7. The first-order valence-corrected chi connectivity index (χ1v) is 10.2. The minimum atomic E-state index is -0.265. The number of carbonyl (C=O) groups excluding carboxylic acids is 1. The molecule has 3 rings (SSSR count). The first-order valence-electron chi connectivity index (χ1n) is 10.2. The predicted molar refractivity (Wildman–Crippen MR) is 114 cm³/mol. The molecule has 1 saturated heterocycles. The second-order valence-electron chi connectivity index (χ2n) is 7.29. The molecular weight excluding hydrogens is 385 g/mol. The third-order valence-electron chi connectivity index (χ3n) is 5.42. The van der Waals surface area contributed by atoms with Gasteiger partial charge in [-0.05, 0) is 61.2 Å². The van der Waals surface area contributed by atoms with E-state index < -0.39 is 0 Å². The maximum Gasteiger partial charge on any atom is 0.244 e. The summed E-state index contributed by atoms with van der Waals surface area (Å²) >= 11 is 0. The summed E-state index contributed by atoms with van der Waals surface area (Å²) in [7, 11) is 1.59. The Bertz CT molecular complexity index is 873. The van der Waals surface area contributed by atoms with Crippen LogP contribution in [0.25, 0.3) is 6.08 Å². The molecule has 1 aliphatic rings. The van der Waals surface area contributed by atoms with Crippen LogP contribution in [0.15, 0.2) is 48.5 Å². The molecule has 0 aliphatic carbocycles. The Labute approximate surface area is 176 Å². The number of benzene rings is 2. The first kappa shape index (κ1) is 21.8. The van der Waals surface area contributed by atoms with Crippen LogP contribution in [0.4, 0.5) is 4.39 Å². The number of ether oxygens (including phenoxy) is 3. The van der Waals surface area contributed by atoms with Crippen molar-refractivity contribution >= 4 is 12.0 Å². The molecular formula is C24H28FNO4. The molecule has 0 spiro atoms. The SMILES string of the molecule is CCOc1cc(C=CC(=O)NCC2(c3ccc(F)cc3)CCOCC2)ccc1OC. The standard InChI is InChI=1S/C24H28FNO4/c1-3-30-22-16-18(4-10-21(22)28-2)5-11-23(27)26-17-24(12-14-29-15-13-24)19-6-8-20(25)9-7-19/h4-11,16H,3,12-15,17H2,1-2H3,(H,26,27). The molecule has 0 aromatic heterocycles. The molecule has 1 amide bonds. The Hall–Kier alpha value is -2.86. The second-order valence-corrected chi connectivity index (χ2v) is 7.29. The summed E-state index contributed by atoms with van der Waals surface area (Å²) in [6, 6.07) is 12.1. The maximum absolute atomic E-state index is 13.4. The number of carbonyl (C=O) groups is 1. The summed E-state index contributed by atoms with van der Waals surface area (Å²) in [6.07, 6.45) is 4.80. The van der Waals surface area contributed by atoms with Crippen molar-refractivity contribution in [2.24, 2.45) is 0 Å². The van der Waals surface area contributed by atoms with Crippen LogP contribution < -0.4 is 14.8 Å². The molecule has 0 bridgehead atoms. The van der Waals surface area contributed by atoms with E-state index in [1.165, 1.54) is 18.2 Å². The molecule has 2 aromatic rings. The highest BCUT2D eigenvalue weighted by Gasteiger charge is 2.34. The van der Waals surface area contributed by atoms with Gasteiger partial charge in [0.2, 0.25) is 5.91 Å². The van der Waals surface area contributed by atoms with Crippen LogP contribution in [0.2, 0.25) is 0 Å². The molecule has 2 aromatic carbocycles. The van der Waals surface area contributed by atoms with Crippen LogP contribution in [0.3, 0.4) is 0 Å². The predicted octanol–water partition coefficient (Wildman–Crippen LogP) is 4.11. The highest BCUT2D eigenvalue weighted by Crippen LogP contribution is 2.34. The monoisotopic (exact) mass is 413 g/mol. The molecule has 1 fully saturated rings. The second kappa shape index (κ2) is 10.3. The van der Waals surface area contributed by atoms with E-state index in [0.29, 0.717) is 37.9 Å². The highest BCUT2D eigenvalue weighted by atomic mass is 19.1. The first-order chi connectivity index (χ1) is 14.6.